The van der Waals surface area contributed by atoms with Crippen molar-refractivity contribution in [2.75, 3.05) is 25.1 Å². The van der Waals surface area contributed by atoms with Crippen LogP contribution in [-0.2, 0) is 6.42 Å². The first-order chi connectivity index (χ1) is 14.3. The molecule has 7 heteroatoms. The van der Waals surface area contributed by atoms with Crippen LogP contribution in [0.3, 0.4) is 0 Å². The van der Waals surface area contributed by atoms with Crippen LogP contribution in [0, 0.1) is 6.92 Å². The van der Waals surface area contributed by atoms with Crippen LogP contribution >= 0.6 is 11.3 Å². The highest BCUT2D eigenvalue weighted by molar-refractivity contribution is 7.17. The maximum atomic E-state index is 5.69. The molecule has 4 heterocycles. The zero-order valence-corrected chi connectivity index (χ0v) is 16.8. The summed E-state index contributed by atoms with van der Waals surface area (Å²) in [4.78, 5) is 14.7. The average Bonchev–Trinajstić information content (AvgIpc) is 3.15. The van der Waals surface area contributed by atoms with E-state index in [1.807, 2.05) is 18.2 Å². The van der Waals surface area contributed by atoms with Gasteiger partial charge in [-0.05, 0) is 54.1 Å². The number of rotatable bonds is 5. The van der Waals surface area contributed by atoms with E-state index in [9.17, 15) is 0 Å². The highest BCUT2D eigenvalue weighted by Crippen LogP contribution is 2.33. The van der Waals surface area contributed by atoms with E-state index in [-0.39, 0.29) is 0 Å². The maximum absolute atomic E-state index is 5.69. The van der Waals surface area contributed by atoms with Crippen molar-refractivity contribution in [3.8, 4) is 22.9 Å². The molecule has 0 aliphatic carbocycles. The Labute approximate surface area is 172 Å². The first kappa shape index (κ1) is 17.9. The minimum atomic E-state index is 0.599. The van der Waals surface area contributed by atoms with Crippen molar-refractivity contribution in [3.05, 3.63) is 59.2 Å². The summed E-state index contributed by atoms with van der Waals surface area (Å²) in [5, 5.41) is 6.73. The van der Waals surface area contributed by atoms with E-state index in [1.54, 1.807) is 23.7 Å². The molecule has 6 nitrogen and oxygen atoms in total. The molecule has 29 heavy (non-hydrogen) atoms. The summed E-state index contributed by atoms with van der Waals surface area (Å²) in [5.74, 6) is 3.20. The number of nitrogens with one attached hydrogen (secondary N) is 1. The summed E-state index contributed by atoms with van der Waals surface area (Å²) in [7, 11) is 0. The number of anilines is 1. The summed E-state index contributed by atoms with van der Waals surface area (Å²) in [6.45, 7) is 4.06. The quantitative estimate of drug-likeness (QED) is 0.529. The van der Waals surface area contributed by atoms with Crippen molar-refractivity contribution < 1.29 is 9.47 Å². The SMILES string of the molecule is Cc1csc2nc(-c3cccnc3)nc(NCCc3ccc4c(c3)OCCO4)c12. The zero-order chi connectivity index (χ0) is 19.6. The first-order valence-electron chi connectivity index (χ1n) is 9.56. The van der Waals surface area contributed by atoms with Gasteiger partial charge in [0.05, 0.1) is 5.39 Å². The van der Waals surface area contributed by atoms with Gasteiger partial charge in [0.15, 0.2) is 17.3 Å². The fourth-order valence-corrected chi connectivity index (χ4v) is 4.33. The molecule has 0 bridgehead atoms. The second-order valence-electron chi connectivity index (χ2n) is 6.89. The molecule has 0 radical (unpaired) electrons. The molecular weight excluding hydrogens is 384 g/mol. The van der Waals surface area contributed by atoms with E-state index in [2.05, 4.69) is 34.7 Å². The molecule has 0 spiro atoms. The lowest BCUT2D eigenvalue weighted by atomic mass is 10.1. The summed E-state index contributed by atoms with van der Waals surface area (Å²) >= 11 is 1.64. The first-order valence-corrected chi connectivity index (χ1v) is 10.4. The number of thiophene rings is 1. The van der Waals surface area contributed by atoms with Gasteiger partial charge < -0.3 is 14.8 Å². The molecule has 1 aromatic carbocycles. The number of hydrogen-bond donors (Lipinski definition) is 1. The van der Waals surface area contributed by atoms with E-state index in [0.29, 0.717) is 19.0 Å². The standard InChI is InChI=1S/C22H20N4O2S/c1-14-13-29-22-19(14)21(25-20(26-22)16-3-2-7-23-12-16)24-8-6-15-4-5-17-18(11-15)28-10-9-27-17/h2-5,7,11-13H,6,8-10H2,1H3,(H,24,25,26). The average molecular weight is 404 g/mol. The highest BCUT2D eigenvalue weighted by Gasteiger charge is 2.14. The summed E-state index contributed by atoms with van der Waals surface area (Å²) in [6.07, 6.45) is 4.40. The minimum absolute atomic E-state index is 0.599. The summed E-state index contributed by atoms with van der Waals surface area (Å²) in [5.41, 5.74) is 3.29. The number of aryl methyl sites for hydroxylation is 1. The van der Waals surface area contributed by atoms with Crippen molar-refractivity contribution in [2.45, 2.75) is 13.3 Å². The number of benzene rings is 1. The van der Waals surface area contributed by atoms with Gasteiger partial charge in [0.2, 0.25) is 0 Å². The van der Waals surface area contributed by atoms with Gasteiger partial charge in [0.25, 0.3) is 0 Å². The molecule has 0 saturated heterocycles. The van der Waals surface area contributed by atoms with Gasteiger partial charge in [-0.3, -0.25) is 4.98 Å². The number of nitrogens with zero attached hydrogens (tertiary/aromatic N) is 3. The largest absolute Gasteiger partial charge is 0.486 e. The van der Waals surface area contributed by atoms with Crippen molar-refractivity contribution >= 4 is 27.4 Å². The molecule has 0 atom stereocenters. The van der Waals surface area contributed by atoms with Crippen molar-refractivity contribution in [2.24, 2.45) is 0 Å². The summed E-state index contributed by atoms with van der Waals surface area (Å²) in [6, 6.07) is 10.0. The lowest BCUT2D eigenvalue weighted by molar-refractivity contribution is 0.171. The molecule has 5 rings (SSSR count). The molecule has 146 valence electrons. The van der Waals surface area contributed by atoms with Crippen LogP contribution in [0.4, 0.5) is 5.82 Å². The Bertz CT molecular complexity index is 1160. The topological polar surface area (TPSA) is 69.2 Å². The third kappa shape index (κ3) is 3.61. The van der Waals surface area contributed by atoms with Crippen LogP contribution in [-0.4, -0.2) is 34.7 Å². The van der Waals surface area contributed by atoms with Gasteiger partial charge in [-0.1, -0.05) is 6.07 Å². The van der Waals surface area contributed by atoms with Gasteiger partial charge in [-0.2, -0.15) is 0 Å². The third-order valence-electron chi connectivity index (χ3n) is 4.85. The molecular formula is C22H20N4O2S. The van der Waals surface area contributed by atoms with Gasteiger partial charge in [-0.25, -0.2) is 9.97 Å². The fourth-order valence-electron chi connectivity index (χ4n) is 3.40. The lowest BCUT2D eigenvalue weighted by Gasteiger charge is -2.19. The molecule has 1 N–H and O–H groups in total. The van der Waals surface area contributed by atoms with E-state index >= 15 is 0 Å². The normalized spacial score (nSPS) is 12.9. The Hall–Kier alpha value is -3.19. The van der Waals surface area contributed by atoms with E-state index < -0.39 is 0 Å². The fraction of sp³-hybridized carbons (Fsp3) is 0.227. The van der Waals surface area contributed by atoms with Gasteiger partial charge in [0.1, 0.15) is 23.9 Å². The van der Waals surface area contributed by atoms with Crippen LogP contribution in [0.25, 0.3) is 21.6 Å². The second kappa shape index (κ2) is 7.67. The Morgan fingerprint density at radius 1 is 1.10 bits per heavy atom. The third-order valence-corrected chi connectivity index (χ3v) is 5.84. The number of pyridine rings is 1. The van der Waals surface area contributed by atoms with Crippen LogP contribution < -0.4 is 14.8 Å². The molecule has 4 aromatic rings. The predicted molar refractivity (Wildman–Crippen MR) is 115 cm³/mol. The van der Waals surface area contributed by atoms with Gasteiger partial charge in [0, 0.05) is 24.5 Å². The molecule has 3 aromatic heterocycles. The Morgan fingerprint density at radius 3 is 2.86 bits per heavy atom. The van der Waals surface area contributed by atoms with E-state index in [4.69, 9.17) is 19.4 Å². The van der Waals surface area contributed by atoms with Crippen LogP contribution in [0.2, 0.25) is 0 Å². The lowest BCUT2D eigenvalue weighted by Crippen LogP contribution is -2.15. The monoisotopic (exact) mass is 404 g/mol. The number of aromatic nitrogens is 3. The van der Waals surface area contributed by atoms with Crippen LogP contribution in [0.1, 0.15) is 11.1 Å². The molecule has 0 saturated carbocycles. The second-order valence-corrected chi connectivity index (χ2v) is 7.75. The highest BCUT2D eigenvalue weighted by atomic mass is 32.1. The molecule has 0 amide bonds. The maximum Gasteiger partial charge on any atom is 0.164 e. The number of hydrogen-bond acceptors (Lipinski definition) is 7. The van der Waals surface area contributed by atoms with Crippen molar-refractivity contribution in [1.29, 1.82) is 0 Å². The van der Waals surface area contributed by atoms with E-state index in [0.717, 1.165) is 46.1 Å². The van der Waals surface area contributed by atoms with Crippen LogP contribution in [0.5, 0.6) is 11.5 Å². The molecule has 0 unspecified atom stereocenters. The smallest absolute Gasteiger partial charge is 0.164 e. The van der Waals surface area contributed by atoms with Gasteiger partial charge in [-0.15, -0.1) is 11.3 Å². The molecule has 0 fully saturated rings. The van der Waals surface area contributed by atoms with Crippen molar-refractivity contribution in [3.63, 3.8) is 0 Å². The predicted octanol–water partition coefficient (Wildman–Crippen LogP) is 4.49. The van der Waals surface area contributed by atoms with E-state index in [1.165, 1.54) is 11.1 Å². The molecule has 1 aliphatic heterocycles. The number of ether oxygens (including phenoxy) is 2. The van der Waals surface area contributed by atoms with Crippen molar-refractivity contribution in [1.82, 2.24) is 15.0 Å². The van der Waals surface area contributed by atoms with Gasteiger partial charge >= 0.3 is 0 Å². The number of fused-ring (bicyclic) bond motifs is 2. The molecule has 1 aliphatic rings. The Balaban J connectivity index is 1.39. The zero-order valence-electron chi connectivity index (χ0n) is 16.0. The Morgan fingerprint density at radius 2 is 2.00 bits per heavy atom. The minimum Gasteiger partial charge on any atom is -0.486 e. The Kier molecular flexibility index (Phi) is 4.73. The van der Waals surface area contributed by atoms with Crippen LogP contribution in [0.15, 0.2) is 48.1 Å². The summed E-state index contributed by atoms with van der Waals surface area (Å²) < 4.78 is 11.3.